The topological polar surface area (TPSA) is 12.0 Å². The van der Waals surface area contributed by atoms with Gasteiger partial charge in [0.15, 0.2) is 0 Å². The van der Waals surface area contributed by atoms with E-state index in [1.807, 2.05) is 24.8 Å². The predicted molar refractivity (Wildman–Crippen MR) is 78.9 cm³/mol. The van der Waals surface area contributed by atoms with E-state index in [0.717, 1.165) is 36.3 Å². The van der Waals surface area contributed by atoms with Crippen molar-refractivity contribution in [2.75, 3.05) is 12.3 Å². The molecule has 1 rings (SSSR count). The van der Waals surface area contributed by atoms with Crippen molar-refractivity contribution in [2.24, 2.45) is 0 Å². The van der Waals surface area contributed by atoms with Crippen molar-refractivity contribution in [2.45, 2.75) is 51.5 Å². The van der Waals surface area contributed by atoms with Crippen LogP contribution in [0.15, 0.2) is 17.0 Å². The van der Waals surface area contributed by atoms with Crippen molar-refractivity contribution in [3.05, 3.63) is 29.1 Å². The second kappa shape index (κ2) is 7.80. The lowest BCUT2D eigenvalue weighted by Gasteiger charge is -2.18. The van der Waals surface area contributed by atoms with E-state index in [4.69, 9.17) is 0 Å². The van der Waals surface area contributed by atoms with Crippen LogP contribution in [0, 0.1) is 12.7 Å². The van der Waals surface area contributed by atoms with Gasteiger partial charge in [-0.3, -0.25) is 0 Å². The molecule has 0 aromatic heterocycles. The van der Waals surface area contributed by atoms with Gasteiger partial charge in [0.05, 0.1) is 0 Å². The number of hydrogen-bond acceptors (Lipinski definition) is 2. The molecule has 1 aromatic carbocycles. The molecule has 0 amide bonds. The zero-order chi connectivity index (χ0) is 13.5. The molecule has 1 nitrogen and oxygen atoms in total. The SMILES string of the molecule is CCCNC(C)c1cc(F)c(C)cc1SCCC. The van der Waals surface area contributed by atoms with Gasteiger partial charge in [0.25, 0.3) is 0 Å². The third-order valence-corrected chi connectivity index (χ3v) is 4.20. The van der Waals surface area contributed by atoms with Crippen molar-refractivity contribution in [1.82, 2.24) is 5.32 Å². The van der Waals surface area contributed by atoms with Gasteiger partial charge in [-0.25, -0.2) is 4.39 Å². The van der Waals surface area contributed by atoms with Crippen molar-refractivity contribution < 1.29 is 4.39 Å². The van der Waals surface area contributed by atoms with Gasteiger partial charge in [-0.1, -0.05) is 13.8 Å². The third kappa shape index (κ3) is 4.29. The van der Waals surface area contributed by atoms with Crippen LogP contribution in [-0.4, -0.2) is 12.3 Å². The minimum Gasteiger partial charge on any atom is -0.310 e. The molecule has 0 aliphatic carbocycles. The highest BCUT2D eigenvalue weighted by molar-refractivity contribution is 7.99. The maximum atomic E-state index is 13.7. The van der Waals surface area contributed by atoms with Crippen LogP contribution < -0.4 is 5.32 Å². The quantitative estimate of drug-likeness (QED) is 0.720. The fraction of sp³-hybridized carbons (Fsp3) is 0.600. The lowest BCUT2D eigenvalue weighted by Crippen LogP contribution is -2.20. The first-order valence-corrected chi connectivity index (χ1v) is 7.74. The maximum absolute atomic E-state index is 13.7. The van der Waals surface area contributed by atoms with Crippen LogP contribution in [0.1, 0.15) is 50.8 Å². The second-order valence-electron chi connectivity index (χ2n) is 4.66. The number of aryl methyl sites for hydroxylation is 1. The molecule has 0 fully saturated rings. The van der Waals surface area contributed by atoms with Gasteiger partial charge in [-0.05, 0) is 62.2 Å². The molecule has 0 aliphatic rings. The molecular formula is C15H24FNS. The molecule has 0 saturated heterocycles. The molecular weight excluding hydrogens is 245 g/mol. The smallest absolute Gasteiger partial charge is 0.126 e. The molecule has 1 N–H and O–H groups in total. The summed E-state index contributed by atoms with van der Waals surface area (Å²) in [4.78, 5) is 1.21. The summed E-state index contributed by atoms with van der Waals surface area (Å²) in [6.45, 7) is 9.22. The zero-order valence-electron chi connectivity index (χ0n) is 11.8. The summed E-state index contributed by atoms with van der Waals surface area (Å²) in [5, 5.41) is 3.43. The normalized spacial score (nSPS) is 12.7. The number of benzene rings is 1. The summed E-state index contributed by atoms with van der Waals surface area (Å²) < 4.78 is 13.7. The van der Waals surface area contributed by atoms with E-state index in [0.29, 0.717) is 0 Å². The molecule has 0 bridgehead atoms. The second-order valence-corrected chi connectivity index (χ2v) is 5.80. The summed E-state index contributed by atoms with van der Waals surface area (Å²) in [5.41, 5.74) is 1.82. The first-order valence-electron chi connectivity index (χ1n) is 6.76. The summed E-state index contributed by atoms with van der Waals surface area (Å²) in [5.74, 6) is 0.981. The van der Waals surface area contributed by atoms with E-state index < -0.39 is 0 Å². The summed E-state index contributed by atoms with van der Waals surface area (Å²) in [6, 6.07) is 3.88. The van der Waals surface area contributed by atoms with Crippen LogP contribution in [0.25, 0.3) is 0 Å². The Kier molecular flexibility index (Phi) is 6.72. The fourth-order valence-electron chi connectivity index (χ4n) is 1.82. The lowest BCUT2D eigenvalue weighted by molar-refractivity contribution is 0.552. The monoisotopic (exact) mass is 269 g/mol. The first-order chi connectivity index (χ1) is 8.60. The molecule has 3 heteroatoms. The van der Waals surface area contributed by atoms with Crippen LogP contribution in [0.2, 0.25) is 0 Å². The summed E-state index contributed by atoms with van der Waals surface area (Å²) in [6.07, 6.45) is 2.23. The molecule has 102 valence electrons. The van der Waals surface area contributed by atoms with Gasteiger partial charge in [0.1, 0.15) is 5.82 Å². The number of hydrogen-bond donors (Lipinski definition) is 1. The average Bonchev–Trinajstić information content (AvgIpc) is 2.36. The lowest BCUT2D eigenvalue weighted by atomic mass is 10.1. The van der Waals surface area contributed by atoms with Crippen molar-refractivity contribution in [3.8, 4) is 0 Å². The molecule has 0 heterocycles. The molecule has 18 heavy (non-hydrogen) atoms. The van der Waals surface area contributed by atoms with E-state index in [1.165, 1.54) is 4.90 Å². The van der Waals surface area contributed by atoms with Gasteiger partial charge >= 0.3 is 0 Å². The van der Waals surface area contributed by atoms with E-state index >= 15 is 0 Å². The van der Waals surface area contributed by atoms with E-state index in [2.05, 4.69) is 26.1 Å². The van der Waals surface area contributed by atoms with Crippen LogP contribution in [-0.2, 0) is 0 Å². The molecule has 1 aromatic rings. The standard InChI is InChI=1S/C15H24FNS/c1-5-7-17-12(4)13-10-14(16)11(3)9-15(13)18-8-6-2/h9-10,12,17H,5-8H2,1-4H3. The number of nitrogens with one attached hydrogen (secondary N) is 1. The van der Waals surface area contributed by atoms with Gasteiger partial charge in [0, 0.05) is 10.9 Å². The Bertz CT molecular complexity index is 379. The van der Waals surface area contributed by atoms with Crippen molar-refractivity contribution >= 4 is 11.8 Å². The van der Waals surface area contributed by atoms with Crippen LogP contribution >= 0.6 is 11.8 Å². The molecule has 0 aliphatic heterocycles. The maximum Gasteiger partial charge on any atom is 0.126 e. The predicted octanol–water partition coefficient (Wildman–Crippen LogP) is 4.70. The highest BCUT2D eigenvalue weighted by Crippen LogP contribution is 2.30. The fourth-order valence-corrected chi connectivity index (χ4v) is 2.90. The minimum absolute atomic E-state index is 0.101. The van der Waals surface area contributed by atoms with Crippen molar-refractivity contribution in [3.63, 3.8) is 0 Å². The first kappa shape index (κ1) is 15.5. The Hall–Kier alpha value is -0.540. The van der Waals surface area contributed by atoms with E-state index in [1.54, 1.807) is 6.07 Å². The van der Waals surface area contributed by atoms with E-state index in [9.17, 15) is 4.39 Å². The van der Waals surface area contributed by atoms with E-state index in [-0.39, 0.29) is 11.9 Å². The molecule has 1 unspecified atom stereocenters. The minimum atomic E-state index is -0.101. The Morgan fingerprint density at radius 3 is 2.61 bits per heavy atom. The van der Waals surface area contributed by atoms with Crippen LogP contribution in [0.4, 0.5) is 4.39 Å². The van der Waals surface area contributed by atoms with Gasteiger partial charge in [-0.2, -0.15) is 0 Å². The Balaban J connectivity index is 2.94. The van der Waals surface area contributed by atoms with Gasteiger partial charge in [0.2, 0.25) is 0 Å². The van der Waals surface area contributed by atoms with Crippen LogP contribution in [0.5, 0.6) is 0 Å². The molecule has 0 radical (unpaired) electrons. The average molecular weight is 269 g/mol. The van der Waals surface area contributed by atoms with Crippen LogP contribution in [0.3, 0.4) is 0 Å². The van der Waals surface area contributed by atoms with Crippen molar-refractivity contribution in [1.29, 1.82) is 0 Å². The number of rotatable bonds is 7. The Morgan fingerprint density at radius 2 is 2.00 bits per heavy atom. The third-order valence-electron chi connectivity index (χ3n) is 2.92. The van der Waals surface area contributed by atoms with Gasteiger partial charge in [-0.15, -0.1) is 11.8 Å². The molecule has 0 spiro atoms. The largest absolute Gasteiger partial charge is 0.310 e. The molecule has 0 saturated carbocycles. The van der Waals surface area contributed by atoms with Gasteiger partial charge < -0.3 is 5.32 Å². The summed E-state index contributed by atoms with van der Waals surface area (Å²) in [7, 11) is 0. The Morgan fingerprint density at radius 1 is 1.28 bits per heavy atom. The Labute approximate surface area is 115 Å². The zero-order valence-corrected chi connectivity index (χ0v) is 12.7. The highest BCUT2D eigenvalue weighted by Gasteiger charge is 2.13. The number of halogens is 1. The highest BCUT2D eigenvalue weighted by atomic mass is 32.2. The molecule has 1 atom stereocenters. The summed E-state index contributed by atoms with van der Waals surface area (Å²) >= 11 is 1.83. The number of thioether (sulfide) groups is 1.